The summed E-state index contributed by atoms with van der Waals surface area (Å²) in [7, 11) is 0. The molecular weight excluding hydrogens is 174 g/mol. The van der Waals surface area contributed by atoms with Crippen LogP contribution in [0.5, 0.6) is 0 Å². The van der Waals surface area contributed by atoms with Gasteiger partial charge in [0.05, 0.1) is 10.4 Å². The fraction of sp³-hybridized carbons (Fsp3) is 0.500. The zero-order valence-corrected chi connectivity index (χ0v) is 7.89. The molecule has 1 rings (SSSR count). The molecule has 0 spiro atoms. The number of carboxylic acid groups (broad SMARTS) is 1. The molecule has 0 bridgehead atoms. The number of hydrogen-bond donors (Lipinski definition) is 1. The fourth-order valence-corrected chi connectivity index (χ4v) is 1.64. The van der Waals surface area contributed by atoms with Crippen molar-refractivity contribution in [3.05, 3.63) is 16.6 Å². The van der Waals surface area contributed by atoms with Gasteiger partial charge in [-0.1, -0.05) is 0 Å². The van der Waals surface area contributed by atoms with E-state index in [0.29, 0.717) is 6.42 Å². The molecule has 0 saturated carbocycles. The van der Waals surface area contributed by atoms with E-state index < -0.39 is 11.4 Å². The van der Waals surface area contributed by atoms with E-state index in [2.05, 4.69) is 4.98 Å². The summed E-state index contributed by atoms with van der Waals surface area (Å²) in [4.78, 5) is 14.8. The molecule has 0 amide bonds. The predicted molar refractivity (Wildman–Crippen MR) is 47.2 cm³/mol. The first-order valence-corrected chi connectivity index (χ1v) is 4.52. The van der Waals surface area contributed by atoms with Gasteiger partial charge in [0, 0.05) is 18.0 Å². The summed E-state index contributed by atoms with van der Waals surface area (Å²) >= 11 is 1.49. The second kappa shape index (κ2) is 3.23. The minimum absolute atomic E-state index is 0.500. The monoisotopic (exact) mass is 185 g/mol. The molecule has 1 aromatic heterocycles. The average molecular weight is 185 g/mol. The maximum absolute atomic E-state index is 10.7. The van der Waals surface area contributed by atoms with Crippen molar-refractivity contribution in [3.8, 4) is 0 Å². The topological polar surface area (TPSA) is 50.2 Å². The van der Waals surface area contributed by atoms with Gasteiger partial charge >= 0.3 is 5.97 Å². The third kappa shape index (κ3) is 2.04. The zero-order chi connectivity index (χ0) is 9.19. The Kier molecular flexibility index (Phi) is 2.47. The van der Waals surface area contributed by atoms with Crippen molar-refractivity contribution in [3.63, 3.8) is 0 Å². The highest BCUT2D eigenvalue weighted by atomic mass is 32.1. The molecule has 0 radical (unpaired) electrons. The van der Waals surface area contributed by atoms with Crippen molar-refractivity contribution in [2.75, 3.05) is 0 Å². The number of carbonyl (C=O) groups is 1. The highest BCUT2D eigenvalue weighted by Crippen LogP contribution is 2.22. The SMILES string of the molecule is CC(C)(Cc1nccs1)C(=O)O. The minimum Gasteiger partial charge on any atom is -0.481 e. The number of carboxylic acids is 1. The van der Waals surface area contributed by atoms with Gasteiger partial charge in [0.25, 0.3) is 0 Å². The van der Waals surface area contributed by atoms with Crippen molar-refractivity contribution in [1.82, 2.24) is 4.98 Å². The van der Waals surface area contributed by atoms with Crippen molar-refractivity contribution >= 4 is 17.3 Å². The summed E-state index contributed by atoms with van der Waals surface area (Å²) in [6.45, 7) is 3.41. The van der Waals surface area contributed by atoms with Crippen LogP contribution in [0.15, 0.2) is 11.6 Å². The molecule has 0 aliphatic carbocycles. The molecule has 0 unspecified atom stereocenters. The molecule has 1 heterocycles. The Morgan fingerprint density at radius 3 is 2.83 bits per heavy atom. The van der Waals surface area contributed by atoms with E-state index in [1.165, 1.54) is 11.3 Å². The Labute approximate surface area is 75.1 Å². The van der Waals surface area contributed by atoms with E-state index in [1.807, 2.05) is 5.38 Å². The van der Waals surface area contributed by atoms with Gasteiger partial charge in [-0.15, -0.1) is 11.3 Å². The van der Waals surface area contributed by atoms with Gasteiger partial charge in [0.2, 0.25) is 0 Å². The van der Waals surface area contributed by atoms with E-state index >= 15 is 0 Å². The maximum Gasteiger partial charge on any atom is 0.309 e. The van der Waals surface area contributed by atoms with Crippen LogP contribution >= 0.6 is 11.3 Å². The number of nitrogens with zero attached hydrogens (tertiary/aromatic N) is 1. The lowest BCUT2D eigenvalue weighted by molar-refractivity contribution is -0.146. The molecule has 0 saturated heterocycles. The third-order valence-electron chi connectivity index (χ3n) is 1.66. The van der Waals surface area contributed by atoms with Crippen LogP contribution in [0.25, 0.3) is 0 Å². The Morgan fingerprint density at radius 2 is 2.42 bits per heavy atom. The third-order valence-corrected chi connectivity index (χ3v) is 2.44. The van der Waals surface area contributed by atoms with Crippen molar-refractivity contribution < 1.29 is 9.90 Å². The van der Waals surface area contributed by atoms with Crippen LogP contribution < -0.4 is 0 Å². The standard InChI is InChI=1S/C8H11NO2S/c1-8(2,7(10)11)5-6-9-3-4-12-6/h3-4H,5H2,1-2H3,(H,10,11). The normalized spacial score (nSPS) is 11.5. The first-order valence-electron chi connectivity index (χ1n) is 3.64. The summed E-state index contributed by atoms with van der Waals surface area (Å²) in [5.74, 6) is -0.780. The first-order chi connectivity index (χ1) is 5.52. The number of aromatic nitrogens is 1. The van der Waals surface area contributed by atoms with Gasteiger partial charge in [0.15, 0.2) is 0 Å². The molecule has 0 aliphatic heterocycles. The summed E-state index contributed by atoms with van der Waals surface area (Å²) in [5.41, 5.74) is -0.710. The summed E-state index contributed by atoms with van der Waals surface area (Å²) in [6, 6.07) is 0. The van der Waals surface area contributed by atoms with E-state index in [4.69, 9.17) is 5.11 Å². The van der Waals surface area contributed by atoms with Gasteiger partial charge in [0.1, 0.15) is 0 Å². The molecule has 0 aliphatic rings. The van der Waals surface area contributed by atoms with E-state index in [-0.39, 0.29) is 0 Å². The van der Waals surface area contributed by atoms with Crippen molar-refractivity contribution in [2.24, 2.45) is 5.41 Å². The van der Waals surface area contributed by atoms with Gasteiger partial charge in [-0.05, 0) is 13.8 Å². The molecule has 1 N–H and O–H groups in total. The van der Waals surface area contributed by atoms with Gasteiger partial charge in [-0.3, -0.25) is 4.79 Å². The first kappa shape index (κ1) is 9.19. The number of aliphatic carboxylic acids is 1. The molecular formula is C8H11NO2S. The summed E-state index contributed by atoms with van der Waals surface area (Å²) in [5, 5.41) is 11.5. The minimum atomic E-state index is -0.780. The Hall–Kier alpha value is -0.900. The second-order valence-electron chi connectivity index (χ2n) is 3.29. The highest BCUT2D eigenvalue weighted by molar-refractivity contribution is 7.09. The van der Waals surface area contributed by atoms with Crippen LogP contribution in [-0.2, 0) is 11.2 Å². The fourth-order valence-electron chi connectivity index (χ4n) is 0.794. The highest BCUT2D eigenvalue weighted by Gasteiger charge is 2.28. The summed E-state index contributed by atoms with van der Waals surface area (Å²) in [6.07, 6.45) is 2.19. The molecule has 12 heavy (non-hydrogen) atoms. The van der Waals surface area contributed by atoms with E-state index in [9.17, 15) is 4.79 Å². The molecule has 3 nitrogen and oxygen atoms in total. The lowest BCUT2D eigenvalue weighted by Crippen LogP contribution is -2.26. The van der Waals surface area contributed by atoms with Crippen LogP contribution in [0, 0.1) is 5.41 Å². The number of thiazole rings is 1. The van der Waals surface area contributed by atoms with Gasteiger partial charge in [-0.2, -0.15) is 0 Å². The van der Waals surface area contributed by atoms with Crippen LogP contribution in [0.3, 0.4) is 0 Å². The Morgan fingerprint density at radius 1 is 1.75 bits per heavy atom. The molecule has 0 aromatic carbocycles. The quantitative estimate of drug-likeness (QED) is 0.781. The number of hydrogen-bond acceptors (Lipinski definition) is 3. The van der Waals surface area contributed by atoms with E-state index in [0.717, 1.165) is 5.01 Å². The molecule has 0 fully saturated rings. The second-order valence-corrected chi connectivity index (χ2v) is 4.27. The lowest BCUT2D eigenvalue weighted by Gasteiger charge is -2.16. The van der Waals surface area contributed by atoms with Gasteiger partial charge < -0.3 is 5.11 Å². The Bertz CT molecular complexity index is 267. The van der Waals surface area contributed by atoms with Crippen LogP contribution in [0.2, 0.25) is 0 Å². The van der Waals surface area contributed by atoms with Gasteiger partial charge in [-0.25, -0.2) is 4.98 Å². The van der Waals surface area contributed by atoms with Crippen molar-refractivity contribution in [1.29, 1.82) is 0 Å². The zero-order valence-electron chi connectivity index (χ0n) is 7.07. The van der Waals surface area contributed by atoms with Crippen LogP contribution in [-0.4, -0.2) is 16.1 Å². The average Bonchev–Trinajstić information content (AvgIpc) is 2.38. The predicted octanol–water partition coefficient (Wildman–Crippen LogP) is 1.80. The van der Waals surface area contributed by atoms with Crippen LogP contribution in [0.4, 0.5) is 0 Å². The van der Waals surface area contributed by atoms with Crippen molar-refractivity contribution in [2.45, 2.75) is 20.3 Å². The molecule has 66 valence electrons. The Balaban J connectivity index is 2.69. The lowest BCUT2D eigenvalue weighted by atomic mass is 9.90. The smallest absolute Gasteiger partial charge is 0.309 e. The number of rotatable bonds is 3. The molecule has 4 heteroatoms. The molecule has 1 aromatic rings. The maximum atomic E-state index is 10.7. The molecule has 0 atom stereocenters. The largest absolute Gasteiger partial charge is 0.481 e. The summed E-state index contributed by atoms with van der Waals surface area (Å²) < 4.78 is 0. The van der Waals surface area contributed by atoms with Crippen LogP contribution in [0.1, 0.15) is 18.9 Å². The van der Waals surface area contributed by atoms with E-state index in [1.54, 1.807) is 20.0 Å².